The zero-order chi connectivity index (χ0) is 17.4. The number of hydrogen-bond donors (Lipinski definition) is 1. The van der Waals surface area contributed by atoms with Gasteiger partial charge in [-0.3, -0.25) is 0 Å². The highest BCUT2D eigenvalue weighted by Crippen LogP contribution is 2.29. The predicted octanol–water partition coefficient (Wildman–Crippen LogP) is 2.50. The van der Waals surface area contributed by atoms with Gasteiger partial charge >= 0.3 is 5.82 Å². The summed E-state index contributed by atoms with van der Waals surface area (Å²) in [5.41, 5.74) is 3.12. The number of nitrogens with one attached hydrogen (secondary N) is 1. The van der Waals surface area contributed by atoms with Crippen LogP contribution in [-0.4, -0.2) is 38.7 Å². The van der Waals surface area contributed by atoms with E-state index in [0.29, 0.717) is 18.0 Å². The molecule has 1 N–H and O–H groups in total. The first-order chi connectivity index (χ1) is 12.1. The number of benzene rings is 1. The Morgan fingerprint density at radius 2 is 2.16 bits per heavy atom. The zero-order valence-corrected chi connectivity index (χ0v) is 13.8. The molecule has 1 unspecified atom stereocenters. The van der Waals surface area contributed by atoms with Crippen LogP contribution in [0.1, 0.15) is 12.5 Å². The summed E-state index contributed by atoms with van der Waals surface area (Å²) in [7, 11) is 0. The Labute approximate surface area is 144 Å². The van der Waals surface area contributed by atoms with E-state index >= 15 is 0 Å². The van der Waals surface area contributed by atoms with Crippen LogP contribution in [-0.2, 0) is 6.42 Å². The number of nitro groups is 1. The molecule has 0 saturated carbocycles. The van der Waals surface area contributed by atoms with Gasteiger partial charge in [0.15, 0.2) is 5.82 Å². The minimum atomic E-state index is -0.486. The maximum atomic E-state index is 11.0. The number of aromatic nitrogens is 3. The fourth-order valence-corrected chi connectivity index (χ4v) is 3.26. The SMILES string of the molecule is CC(CNc1ccc2ncc([N+](=O)[O-])n2n1)N1CCc2ccccc21. The Hall–Kier alpha value is -3.16. The Kier molecular flexibility index (Phi) is 3.72. The average molecular weight is 338 g/mol. The summed E-state index contributed by atoms with van der Waals surface area (Å²) in [6, 6.07) is 12.2. The maximum Gasteiger partial charge on any atom is 0.368 e. The largest absolute Gasteiger partial charge is 0.368 e. The predicted molar refractivity (Wildman–Crippen MR) is 95.1 cm³/mol. The number of anilines is 2. The van der Waals surface area contributed by atoms with Crippen LogP contribution < -0.4 is 10.2 Å². The third-order valence-electron chi connectivity index (χ3n) is 4.57. The van der Waals surface area contributed by atoms with Crippen LogP contribution in [0.5, 0.6) is 0 Å². The molecule has 25 heavy (non-hydrogen) atoms. The lowest BCUT2D eigenvalue weighted by Gasteiger charge is -2.27. The fourth-order valence-electron chi connectivity index (χ4n) is 3.26. The van der Waals surface area contributed by atoms with E-state index in [0.717, 1.165) is 13.0 Å². The highest BCUT2D eigenvalue weighted by atomic mass is 16.6. The summed E-state index contributed by atoms with van der Waals surface area (Å²) in [5.74, 6) is 0.452. The zero-order valence-electron chi connectivity index (χ0n) is 13.8. The molecule has 2 aromatic heterocycles. The summed E-state index contributed by atoms with van der Waals surface area (Å²) >= 11 is 0. The molecular weight excluding hydrogens is 320 g/mol. The van der Waals surface area contributed by atoms with E-state index in [9.17, 15) is 10.1 Å². The lowest BCUT2D eigenvalue weighted by molar-refractivity contribution is -0.391. The van der Waals surface area contributed by atoms with Gasteiger partial charge in [-0.05, 0) is 36.0 Å². The normalized spacial score (nSPS) is 14.5. The molecule has 128 valence electrons. The molecule has 0 saturated heterocycles. The maximum absolute atomic E-state index is 11.0. The summed E-state index contributed by atoms with van der Waals surface area (Å²) in [4.78, 5) is 16.9. The molecule has 8 nitrogen and oxygen atoms in total. The molecular formula is C17H18N6O2. The second kappa shape index (κ2) is 6.04. The van der Waals surface area contributed by atoms with Crippen LogP contribution in [0.2, 0.25) is 0 Å². The van der Waals surface area contributed by atoms with Gasteiger partial charge in [0.2, 0.25) is 5.65 Å². The first kappa shape index (κ1) is 15.4. The highest BCUT2D eigenvalue weighted by Gasteiger charge is 2.23. The van der Waals surface area contributed by atoms with Crippen molar-refractivity contribution in [1.82, 2.24) is 14.6 Å². The second-order valence-electron chi connectivity index (χ2n) is 6.16. The summed E-state index contributed by atoms with van der Waals surface area (Å²) in [6.45, 7) is 3.85. The molecule has 3 aromatic rings. The lowest BCUT2D eigenvalue weighted by atomic mass is 10.2. The summed E-state index contributed by atoms with van der Waals surface area (Å²) in [5, 5.41) is 18.6. The first-order valence-corrected chi connectivity index (χ1v) is 8.21. The lowest BCUT2D eigenvalue weighted by Crippen LogP contribution is -2.36. The summed E-state index contributed by atoms with van der Waals surface area (Å²) in [6.07, 6.45) is 2.28. The van der Waals surface area contributed by atoms with Crippen molar-refractivity contribution in [3.63, 3.8) is 0 Å². The van der Waals surface area contributed by atoms with E-state index in [1.807, 2.05) is 0 Å². The van der Waals surface area contributed by atoms with E-state index in [1.165, 1.54) is 22.0 Å². The second-order valence-corrected chi connectivity index (χ2v) is 6.16. The van der Waals surface area contributed by atoms with E-state index in [1.54, 1.807) is 12.1 Å². The molecule has 0 fully saturated rings. The topological polar surface area (TPSA) is 88.6 Å². The van der Waals surface area contributed by atoms with Crippen LogP contribution in [0.4, 0.5) is 17.3 Å². The molecule has 0 bridgehead atoms. The number of hydrogen-bond acceptors (Lipinski definition) is 6. The molecule has 0 aliphatic carbocycles. The van der Waals surface area contributed by atoms with E-state index < -0.39 is 4.92 Å². The van der Waals surface area contributed by atoms with Crippen molar-refractivity contribution in [3.8, 4) is 0 Å². The van der Waals surface area contributed by atoms with Gasteiger partial charge in [0.05, 0.1) is 0 Å². The van der Waals surface area contributed by atoms with Gasteiger partial charge in [0, 0.05) is 30.9 Å². The molecule has 1 aliphatic rings. The molecule has 4 rings (SSSR count). The van der Waals surface area contributed by atoms with E-state index in [4.69, 9.17) is 0 Å². The smallest absolute Gasteiger partial charge is 0.367 e. The molecule has 8 heteroatoms. The number of fused-ring (bicyclic) bond motifs is 2. The quantitative estimate of drug-likeness (QED) is 0.568. The monoisotopic (exact) mass is 338 g/mol. The average Bonchev–Trinajstić information content (AvgIpc) is 3.23. The van der Waals surface area contributed by atoms with E-state index in [-0.39, 0.29) is 11.9 Å². The van der Waals surface area contributed by atoms with Gasteiger partial charge in [-0.1, -0.05) is 27.8 Å². The summed E-state index contributed by atoms with van der Waals surface area (Å²) < 4.78 is 1.25. The van der Waals surface area contributed by atoms with Gasteiger partial charge in [0.25, 0.3) is 0 Å². The minimum Gasteiger partial charge on any atom is -0.367 e. The molecule has 1 atom stereocenters. The van der Waals surface area contributed by atoms with Crippen LogP contribution in [0.15, 0.2) is 42.6 Å². The number of para-hydroxylation sites is 1. The van der Waals surface area contributed by atoms with Crippen molar-refractivity contribution >= 4 is 23.0 Å². The van der Waals surface area contributed by atoms with Crippen LogP contribution in [0.25, 0.3) is 5.65 Å². The molecule has 1 aliphatic heterocycles. The van der Waals surface area contributed by atoms with Crippen molar-refractivity contribution in [2.75, 3.05) is 23.3 Å². The Balaban J connectivity index is 1.49. The molecule has 0 amide bonds. The van der Waals surface area contributed by atoms with Crippen molar-refractivity contribution in [2.24, 2.45) is 0 Å². The molecule has 0 spiro atoms. The fraction of sp³-hybridized carbons (Fsp3) is 0.294. The third kappa shape index (κ3) is 2.75. The van der Waals surface area contributed by atoms with Crippen molar-refractivity contribution in [3.05, 3.63) is 58.3 Å². The van der Waals surface area contributed by atoms with Crippen molar-refractivity contribution < 1.29 is 4.92 Å². The Bertz CT molecular complexity index is 938. The van der Waals surface area contributed by atoms with Crippen LogP contribution >= 0.6 is 0 Å². The molecule has 0 radical (unpaired) electrons. The Morgan fingerprint density at radius 3 is 3.00 bits per heavy atom. The number of rotatable bonds is 5. The number of imidazole rings is 1. The minimum absolute atomic E-state index is 0.139. The molecule has 3 heterocycles. The van der Waals surface area contributed by atoms with Gasteiger partial charge in [-0.25, -0.2) is 4.98 Å². The van der Waals surface area contributed by atoms with Gasteiger partial charge in [-0.2, -0.15) is 0 Å². The third-order valence-corrected chi connectivity index (χ3v) is 4.57. The van der Waals surface area contributed by atoms with Gasteiger partial charge < -0.3 is 20.3 Å². The van der Waals surface area contributed by atoms with E-state index in [2.05, 4.69) is 51.5 Å². The first-order valence-electron chi connectivity index (χ1n) is 8.21. The molecule has 1 aromatic carbocycles. The van der Waals surface area contributed by atoms with Gasteiger partial charge in [-0.15, -0.1) is 0 Å². The van der Waals surface area contributed by atoms with Gasteiger partial charge in [0.1, 0.15) is 6.20 Å². The Morgan fingerprint density at radius 1 is 1.32 bits per heavy atom. The van der Waals surface area contributed by atoms with Crippen LogP contribution in [0.3, 0.4) is 0 Å². The van der Waals surface area contributed by atoms with Crippen molar-refractivity contribution in [1.29, 1.82) is 0 Å². The van der Waals surface area contributed by atoms with Crippen LogP contribution in [0, 0.1) is 10.1 Å². The highest BCUT2D eigenvalue weighted by molar-refractivity contribution is 5.58. The standard InChI is InChI=1S/C17H18N6O2/c1-12(21-9-8-13-4-2-3-5-14(13)21)10-18-15-6-7-16-19-11-17(23(24)25)22(16)20-15/h2-7,11-12H,8-10H2,1H3,(H,18,20). The number of nitrogens with zero attached hydrogens (tertiary/aromatic N) is 5. The van der Waals surface area contributed by atoms with Crippen molar-refractivity contribution in [2.45, 2.75) is 19.4 Å².